The Bertz CT molecular complexity index is 1110. The average molecular weight is 496 g/mol. The molecule has 4 rings (SSSR count). The van der Waals surface area contributed by atoms with Crippen molar-refractivity contribution in [2.24, 2.45) is 13.0 Å². The molecule has 1 fully saturated rings. The third-order valence-electron chi connectivity index (χ3n) is 7.44. The van der Waals surface area contributed by atoms with Crippen LogP contribution in [-0.4, -0.2) is 82.0 Å². The molecule has 194 valence electrons. The molecule has 0 aliphatic carbocycles. The van der Waals surface area contributed by atoms with Gasteiger partial charge in [-0.3, -0.25) is 19.1 Å². The molecule has 1 atom stereocenters. The van der Waals surface area contributed by atoms with E-state index in [1.807, 2.05) is 55.0 Å². The van der Waals surface area contributed by atoms with Gasteiger partial charge in [-0.1, -0.05) is 12.1 Å². The van der Waals surface area contributed by atoms with Crippen LogP contribution in [-0.2, 0) is 36.0 Å². The second-order valence-electron chi connectivity index (χ2n) is 9.59. The molecule has 0 radical (unpaired) electrons. The molecule has 1 saturated heterocycles. The molecule has 0 N–H and O–H groups in total. The van der Waals surface area contributed by atoms with Crippen LogP contribution in [0.5, 0.6) is 5.75 Å². The van der Waals surface area contributed by atoms with E-state index < -0.39 is 0 Å². The van der Waals surface area contributed by atoms with Gasteiger partial charge in [-0.25, -0.2) is 0 Å². The second-order valence-corrected chi connectivity index (χ2v) is 9.59. The van der Waals surface area contributed by atoms with Gasteiger partial charge in [0.2, 0.25) is 11.8 Å². The van der Waals surface area contributed by atoms with Crippen LogP contribution in [0, 0.1) is 5.92 Å². The van der Waals surface area contributed by atoms with Crippen LogP contribution in [0.4, 0.5) is 0 Å². The van der Waals surface area contributed by atoms with Gasteiger partial charge in [0.25, 0.3) is 5.91 Å². The number of fused-ring (bicyclic) bond motifs is 1. The molecule has 9 nitrogen and oxygen atoms in total. The van der Waals surface area contributed by atoms with Crippen molar-refractivity contribution in [3.05, 3.63) is 46.8 Å². The smallest absolute Gasteiger partial charge is 0.274 e. The van der Waals surface area contributed by atoms with Gasteiger partial charge in [0.05, 0.1) is 19.4 Å². The molecular weight excluding hydrogens is 458 g/mol. The first-order valence-corrected chi connectivity index (χ1v) is 12.9. The summed E-state index contributed by atoms with van der Waals surface area (Å²) in [5.74, 6) is 0.580. The quantitative estimate of drug-likeness (QED) is 0.588. The van der Waals surface area contributed by atoms with Crippen molar-refractivity contribution < 1.29 is 19.1 Å². The van der Waals surface area contributed by atoms with E-state index in [2.05, 4.69) is 5.10 Å². The summed E-state index contributed by atoms with van der Waals surface area (Å²) in [4.78, 5) is 45.0. The fourth-order valence-electron chi connectivity index (χ4n) is 5.31. The first-order valence-electron chi connectivity index (χ1n) is 12.9. The minimum atomic E-state index is -0.176. The summed E-state index contributed by atoms with van der Waals surface area (Å²) in [6, 6.07) is 7.51. The lowest BCUT2D eigenvalue weighted by Crippen LogP contribution is -2.47. The number of piperidine rings is 1. The van der Waals surface area contributed by atoms with E-state index in [0.29, 0.717) is 57.8 Å². The molecule has 1 aromatic heterocycles. The fourth-order valence-corrected chi connectivity index (χ4v) is 5.31. The van der Waals surface area contributed by atoms with Crippen molar-refractivity contribution in [2.45, 2.75) is 46.1 Å². The Kier molecular flexibility index (Phi) is 7.96. The van der Waals surface area contributed by atoms with Gasteiger partial charge in [-0.15, -0.1) is 0 Å². The van der Waals surface area contributed by atoms with E-state index in [1.165, 1.54) is 0 Å². The number of ether oxygens (including phenoxy) is 1. The largest absolute Gasteiger partial charge is 0.497 e. The van der Waals surface area contributed by atoms with Crippen molar-refractivity contribution in [3.63, 3.8) is 0 Å². The zero-order valence-electron chi connectivity index (χ0n) is 21.8. The number of aryl methyl sites for hydroxylation is 1. The zero-order chi connectivity index (χ0) is 25.8. The summed E-state index contributed by atoms with van der Waals surface area (Å²) in [6.45, 7) is 7.31. The van der Waals surface area contributed by atoms with Crippen molar-refractivity contribution in [3.8, 4) is 5.75 Å². The number of carbonyl (C=O) groups excluding carboxylic acids is 3. The summed E-state index contributed by atoms with van der Waals surface area (Å²) in [5.41, 5.74) is 3.16. The van der Waals surface area contributed by atoms with Crippen LogP contribution >= 0.6 is 0 Å². The van der Waals surface area contributed by atoms with E-state index in [0.717, 1.165) is 35.4 Å². The van der Waals surface area contributed by atoms with Crippen molar-refractivity contribution in [2.75, 3.05) is 39.8 Å². The number of hydrogen-bond donors (Lipinski definition) is 0. The van der Waals surface area contributed by atoms with Crippen LogP contribution in [0.2, 0.25) is 0 Å². The molecule has 3 heterocycles. The molecule has 36 heavy (non-hydrogen) atoms. The van der Waals surface area contributed by atoms with Crippen molar-refractivity contribution >= 4 is 17.7 Å². The number of benzene rings is 1. The molecule has 2 aliphatic rings. The van der Waals surface area contributed by atoms with Gasteiger partial charge in [-0.2, -0.15) is 5.10 Å². The molecule has 2 aromatic rings. The minimum absolute atomic E-state index is 0.0240. The number of amides is 3. The van der Waals surface area contributed by atoms with E-state index in [4.69, 9.17) is 4.74 Å². The molecule has 0 unspecified atom stereocenters. The standard InChI is InChI=1S/C27H37N5O4/c1-5-30(6-2)26(34)20-8-7-14-32(17-20)27(35)25-22-18-31(15-13-23(22)29(3)28-25)24(33)16-19-9-11-21(36-4)12-10-19/h9-12,20H,5-8,13-18H2,1-4H3/t20-/m0/s1. The summed E-state index contributed by atoms with van der Waals surface area (Å²) in [5, 5.41) is 4.58. The first-order chi connectivity index (χ1) is 17.4. The highest BCUT2D eigenvalue weighted by atomic mass is 16.5. The third-order valence-corrected chi connectivity index (χ3v) is 7.44. The number of aromatic nitrogens is 2. The van der Waals surface area contributed by atoms with Crippen LogP contribution < -0.4 is 4.74 Å². The normalized spacial score (nSPS) is 17.5. The number of carbonyl (C=O) groups is 3. The number of likely N-dealkylation sites (tertiary alicyclic amines) is 1. The number of hydrogen-bond acceptors (Lipinski definition) is 5. The maximum Gasteiger partial charge on any atom is 0.274 e. The fraction of sp³-hybridized carbons (Fsp3) is 0.556. The topological polar surface area (TPSA) is 88.0 Å². The zero-order valence-corrected chi connectivity index (χ0v) is 21.8. The Morgan fingerprint density at radius 1 is 1.08 bits per heavy atom. The molecule has 2 aliphatic heterocycles. The Balaban J connectivity index is 1.47. The second kappa shape index (κ2) is 11.1. The van der Waals surface area contributed by atoms with Crippen LogP contribution in [0.15, 0.2) is 24.3 Å². The summed E-state index contributed by atoms with van der Waals surface area (Å²) >= 11 is 0. The van der Waals surface area contributed by atoms with Crippen molar-refractivity contribution in [1.82, 2.24) is 24.5 Å². The van der Waals surface area contributed by atoms with Gasteiger partial charge < -0.3 is 19.4 Å². The van der Waals surface area contributed by atoms with Gasteiger partial charge >= 0.3 is 0 Å². The third kappa shape index (κ3) is 5.24. The predicted molar refractivity (Wildman–Crippen MR) is 136 cm³/mol. The minimum Gasteiger partial charge on any atom is -0.497 e. The Morgan fingerprint density at radius 3 is 2.47 bits per heavy atom. The van der Waals surface area contributed by atoms with Gasteiger partial charge in [0, 0.05) is 64.0 Å². The number of rotatable bonds is 7. The molecule has 0 spiro atoms. The first kappa shape index (κ1) is 25.7. The predicted octanol–water partition coefficient (Wildman–Crippen LogP) is 2.28. The average Bonchev–Trinajstić information content (AvgIpc) is 3.25. The molecule has 3 amide bonds. The number of methoxy groups -OCH3 is 1. The summed E-state index contributed by atoms with van der Waals surface area (Å²) < 4.78 is 6.97. The molecule has 0 saturated carbocycles. The van der Waals surface area contributed by atoms with Crippen molar-refractivity contribution in [1.29, 1.82) is 0 Å². The van der Waals surface area contributed by atoms with Crippen LogP contribution in [0.3, 0.4) is 0 Å². The number of nitrogens with zero attached hydrogens (tertiary/aromatic N) is 5. The molecule has 1 aromatic carbocycles. The molecule has 0 bridgehead atoms. The highest BCUT2D eigenvalue weighted by Gasteiger charge is 2.35. The lowest BCUT2D eigenvalue weighted by molar-refractivity contribution is -0.136. The highest BCUT2D eigenvalue weighted by molar-refractivity contribution is 5.95. The van der Waals surface area contributed by atoms with E-state index >= 15 is 0 Å². The van der Waals surface area contributed by atoms with Crippen LogP contribution in [0.25, 0.3) is 0 Å². The maximum absolute atomic E-state index is 13.6. The van der Waals surface area contributed by atoms with Gasteiger partial charge in [0.15, 0.2) is 5.69 Å². The Labute approximate surface area is 213 Å². The monoisotopic (exact) mass is 495 g/mol. The summed E-state index contributed by atoms with van der Waals surface area (Å²) in [6.07, 6.45) is 2.55. The summed E-state index contributed by atoms with van der Waals surface area (Å²) in [7, 11) is 3.47. The molecular formula is C27H37N5O4. The lowest BCUT2D eigenvalue weighted by atomic mass is 9.95. The van der Waals surface area contributed by atoms with Crippen LogP contribution in [0.1, 0.15) is 54.0 Å². The Morgan fingerprint density at radius 2 is 1.81 bits per heavy atom. The lowest BCUT2D eigenvalue weighted by Gasteiger charge is -2.34. The maximum atomic E-state index is 13.6. The van der Waals surface area contributed by atoms with E-state index in [-0.39, 0.29) is 23.6 Å². The van der Waals surface area contributed by atoms with E-state index in [1.54, 1.807) is 16.7 Å². The van der Waals surface area contributed by atoms with Gasteiger partial charge in [-0.05, 0) is 44.4 Å². The highest BCUT2D eigenvalue weighted by Crippen LogP contribution is 2.26. The van der Waals surface area contributed by atoms with E-state index in [9.17, 15) is 14.4 Å². The Hall–Kier alpha value is -3.36. The molecule has 9 heteroatoms. The van der Waals surface area contributed by atoms with Gasteiger partial charge in [0.1, 0.15) is 5.75 Å². The SMILES string of the molecule is CCN(CC)C(=O)[C@H]1CCCN(C(=O)c2nn(C)c3c2CN(C(=O)Cc2ccc(OC)cc2)CC3)C1.